The largest absolute Gasteiger partial charge is 0.316 e. The van der Waals surface area contributed by atoms with Gasteiger partial charge in [-0.2, -0.15) is 0 Å². The lowest BCUT2D eigenvalue weighted by molar-refractivity contribution is -0.131. The molecule has 0 aromatic carbocycles. The van der Waals surface area contributed by atoms with Crippen LogP contribution in [0.1, 0.15) is 26.2 Å². The number of rotatable bonds is 2. The van der Waals surface area contributed by atoms with E-state index in [0.29, 0.717) is 11.5 Å². The highest BCUT2D eigenvalue weighted by atomic mass is 16.2. The fourth-order valence-corrected chi connectivity index (χ4v) is 2.37. The second kappa shape index (κ2) is 4.74. The summed E-state index contributed by atoms with van der Waals surface area (Å²) in [6, 6.07) is 0. The molecule has 0 amide bonds. The van der Waals surface area contributed by atoms with E-state index in [1.165, 1.54) is 6.08 Å². The van der Waals surface area contributed by atoms with Gasteiger partial charge < -0.3 is 5.32 Å². The molecule has 2 rings (SSSR count). The van der Waals surface area contributed by atoms with Crippen molar-refractivity contribution in [3.63, 3.8) is 0 Å². The molecule has 1 aliphatic carbocycles. The van der Waals surface area contributed by atoms with Crippen LogP contribution in [-0.4, -0.2) is 24.7 Å². The predicted octanol–water partition coefficient (Wildman–Crippen LogP) is 1.40. The monoisotopic (exact) mass is 219 g/mol. The SMILES string of the molecule is CC1=CC(=O)C(=O)C(CC2CCCNC2)=C1. The van der Waals surface area contributed by atoms with Crippen molar-refractivity contribution >= 4 is 11.6 Å². The van der Waals surface area contributed by atoms with E-state index in [1.807, 2.05) is 13.0 Å². The molecule has 1 fully saturated rings. The van der Waals surface area contributed by atoms with Gasteiger partial charge in [0.1, 0.15) is 0 Å². The summed E-state index contributed by atoms with van der Waals surface area (Å²) in [7, 11) is 0. The number of Topliss-reactive ketones (excluding diaryl/α,β-unsaturated/α-hetero) is 1. The maximum atomic E-state index is 11.7. The summed E-state index contributed by atoms with van der Waals surface area (Å²) in [5.41, 5.74) is 1.59. The normalized spacial score (nSPS) is 26.4. The van der Waals surface area contributed by atoms with Crippen molar-refractivity contribution in [1.29, 1.82) is 0 Å². The van der Waals surface area contributed by atoms with E-state index in [2.05, 4.69) is 5.32 Å². The molecule has 1 atom stereocenters. The number of carbonyl (C=O) groups is 2. The van der Waals surface area contributed by atoms with Crippen LogP contribution in [-0.2, 0) is 9.59 Å². The van der Waals surface area contributed by atoms with Gasteiger partial charge >= 0.3 is 0 Å². The van der Waals surface area contributed by atoms with Gasteiger partial charge in [-0.25, -0.2) is 0 Å². The summed E-state index contributed by atoms with van der Waals surface area (Å²) in [6.45, 7) is 3.90. The van der Waals surface area contributed by atoms with Crippen LogP contribution in [0.25, 0.3) is 0 Å². The van der Waals surface area contributed by atoms with E-state index in [0.717, 1.165) is 37.9 Å². The highest BCUT2D eigenvalue weighted by Crippen LogP contribution is 2.23. The van der Waals surface area contributed by atoms with E-state index in [4.69, 9.17) is 0 Å². The molecule has 1 heterocycles. The van der Waals surface area contributed by atoms with Gasteiger partial charge in [-0.15, -0.1) is 0 Å². The van der Waals surface area contributed by atoms with Gasteiger partial charge in [-0.05, 0) is 56.8 Å². The van der Waals surface area contributed by atoms with E-state index >= 15 is 0 Å². The molecule has 0 bridgehead atoms. The summed E-state index contributed by atoms with van der Waals surface area (Å²) in [5, 5.41) is 3.32. The molecule has 16 heavy (non-hydrogen) atoms. The van der Waals surface area contributed by atoms with Crippen molar-refractivity contribution < 1.29 is 9.59 Å². The number of hydrogen-bond acceptors (Lipinski definition) is 3. The minimum Gasteiger partial charge on any atom is -0.316 e. The Bertz CT molecular complexity index is 373. The quantitative estimate of drug-likeness (QED) is 0.564. The Balaban J connectivity index is 2.05. The molecule has 1 saturated heterocycles. The van der Waals surface area contributed by atoms with Crippen molar-refractivity contribution in [2.45, 2.75) is 26.2 Å². The Morgan fingerprint density at radius 1 is 1.38 bits per heavy atom. The third kappa shape index (κ3) is 2.47. The molecule has 1 unspecified atom stereocenters. The Hall–Kier alpha value is -1.22. The van der Waals surface area contributed by atoms with Crippen LogP contribution in [0, 0.1) is 5.92 Å². The summed E-state index contributed by atoms with van der Waals surface area (Å²) in [5.74, 6) is -0.169. The highest BCUT2D eigenvalue weighted by Gasteiger charge is 2.24. The zero-order valence-electron chi connectivity index (χ0n) is 9.58. The number of nitrogens with one attached hydrogen (secondary N) is 1. The van der Waals surface area contributed by atoms with E-state index in [1.54, 1.807) is 0 Å². The molecule has 86 valence electrons. The van der Waals surface area contributed by atoms with Crippen molar-refractivity contribution in [1.82, 2.24) is 5.32 Å². The van der Waals surface area contributed by atoms with Crippen LogP contribution in [0.5, 0.6) is 0 Å². The number of ketones is 2. The standard InChI is InChI=1S/C13H17NO2/c1-9-5-11(13(16)12(15)6-9)7-10-3-2-4-14-8-10/h5-6,10,14H,2-4,7-8H2,1H3. The fraction of sp³-hybridized carbons (Fsp3) is 0.538. The first kappa shape index (κ1) is 11.3. The smallest absolute Gasteiger partial charge is 0.228 e. The lowest BCUT2D eigenvalue weighted by Crippen LogP contribution is -2.31. The van der Waals surface area contributed by atoms with Crippen molar-refractivity contribution in [3.05, 3.63) is 23.3 Å². The van der Waals surface area contributed by atoms with Crippen molar-refractivity contribution in [2.24, 2.45) is 5.92 Å². The molecular weight excluding hydrogens is 202 g/mol. The maximum absolute atomic E-state index is 11.7. The molecule has 1 N–H and O–H groups in total. The lowest BCUT2D eigenvalue weighted by atomic mass is 9.87. The van der Waals surface area contributed by atoms with Crippen LogP contribution >= 0.6 is 0 Å². The molecular formula is C13H17NO2. The minimum absolute atomic E-state index is 0.309. The van der Waals surface area contributed by atoms with Crippen LogP contribution in [0.4, 0.5) is 0 Å². The average molecular weight is 219 g/mol. The summed E-state index contributed by atoms with van der Waals surface area (Å²) in [4.78, 5) is 23.0. The van der Waals surface area contributed by atoms with Gasteiger partial charge in [0.05, 0.1) is 0 Å². The van der Waals surface area contributed by atoms with E-state index < -0.39 is 0 Å². The molecule has 0 aromatic rings. The number of piperidine rings is 1. The lowest BCUT2D eigenvalue weighted by Gasteiger charge is -2.23. The number of allylic oxidation sites excluding steroid dienone is 4. The zero-order valence-corrected chi connectivity index (χ0v) is 9.58. The second-order valence-corrected chi connectivity index (χ2v) is 4.67. The first-order chi connectivity index (χ1) is 7.66. The minimum atomic E-state index is -0.362. The van der Waals surface area contributed by atoms with Gasteiger partial charge in [-0.1, -0.05) is 6.08 Å². The Kier molecular flexibility index (Phi) is 3.34. The molecule has 1 aliphatic heterocycles. The topological polar surface area (TPSA) is 46.2 Å². The van der Waals surface area contributed by atoms with Crippen LogP contribution in [0.2, 0.25) is 0 Å². The van der Waals surface area contributed by atoms with Gasteiger partial charge in [-0.3, -0.25) is 9.59 Å². The highest BCUT2D eigenvalue weighted by molar-refractivity contribution is 6.48. The third-order valence-corrected chi connectivity index (χ3v) is 3.18. The first-order valence-electron chi connectivity index (χ1n) is 5.85. The fourth-order valence-electron chi connectivity index (χ4n) is 2.37. The Morgan fingerprint density at radius 2 is 2.19 bits per heavy atom. The molecule has 3 nitrogen and oxygen atoms in total. The van der Waals surface area contributed by atoms with Gasteiger partial charge in [0.25, 0.3) is 0 Å². The summed E-state index contributed by atoms with van der Waals surface area (Å²) >= 11 is 0. The van der Waals surface area contributed by atoms with Gasteiger partial charge in [0, 0.05) is 5.57 Å². The molecule has 3 heteroatoms. The molecule has 0 saturated carbocycles. The van der Waals surface area contributed by atoms with Gasteiger partial charge in [0.2, 0.25) is 11.6 Å². The van der Waals surface area contributed by atoms with Crippen molar-refractivity contribution in [2.75, 3.05) is 13.1 Å². The number of hydrogen-bond donors (Lipinski definition) is 1. The summed E-state index contributed by atoms with van der Waals surface area (Å²) < 4.78 is 0. The third-order valence-electron chi connectivity index (χ3n) is 3.18. The number of carbonyl (C=O) groups excluding carboxylic acids is 2. The van der Waals surface area contributed by atoms with Crippen LogP contribution in [0.15, 0.2) is 23.3 Å². The maximum Gasteiger partial charge on any atom is 0.228 e. The molecule has 0 spiro atoms. The second-order valence-electron chi connectivity index (χ2n) is 4.67. The average Bonchev–Trinajstić information content (AvgIpc) is 2.27. The summed E-state index contributed by atoms with van der Waals surface area (Å²) in [6.07, 6.45) is 6.33. The Morgan fingerprint density at radius 3 is 2.88 bits per heavy atom. The van der Waals surface area contributed by atoms with Crippen LogP contribution < -0.4 is 5.32 Å². The molecule has 0 radical (unpaired) electrons. The molecule has 0 aromatic heterocycles. The van der Waals surface area contributed by atoms with E-state index in [-0.39, 0.29) is 11.6 Å². The van der Waals surface area contributed by atoms with Crippen LogP contribution in [0.3, 0.4) is 0 Å². The van der Waals surface area contributed by atoms with E-state index in [9.17, 15) is 9.59 Å². The van der Waals surface area contributed by atoms with Crippen molar-refractivity contribution in [3.8, 4) is 0 Å². The molecule has 2 aliphatic rings. The zero-order chi connectivity index (χ0) is 11.5. The van der Waals surface area contributed by atoms with Gasteiger partial charge in [0.15, 0.2) is 0 Å². The predicted molar refractivity (Wildman–Crippen MR) is 62.1 cm³/mol. The Labute approximate surface area is 95.6 Å². The first-order valence-corrected chi connectivity index (χ1v) is 5.85.